The third-order valence-electron chi connectivity index (χ3n) is 10.7. The van der Waals surface area contributed by atoms with Crippen LogP contribution in [0.25, 0.3) is 21.9 Å². The second-order valence-corrected chi connectivity index (χ2v) is 12.8. The summed E-state index contributed by atoms with van der Waals surface area (Å²) in [5.74, 6) is -0.202. The molecule has 216 valence electrons. The summed E-state index contributed by atoms with van der Waals surface area (Å²) in [6, 6.07) is 44.8. The average molecular weight is 572 g/mol. The first-order chi connectivity index (χ1) is 21.6. The van der Waals surface area contributed by atoms with Gasteiger partial charge in [-0.25, -0.2) is 0 Å². The molecule has 2 atom stereocenters. The fourth-order valence-corrected chi connectivity index (χ4v) is 8.91. The number of hydrogen-bond donors (Lipinski definition) is 0. The zero-order chi connectivity index (χ0) is 29.7. The summed E-state index contributed by atoms with van der Waals surface area (Å²) < 4.78 is 0. The Hall–Kier alpha value is -4.69. The van der Waals surface area contributed by atoms with Gasteiger partial charge in [-0.1, -0.05) is 141 Å². The van der Waals surface area contributed by atoms with Crippen LogP contribution in [-0.2, 0) is 5.41 Å². The van der Waals surface area contributed by atoms with Gasteiger partial charge in [0.05, 0.1) is 11.5 Å². The Morgan fingerprint density at radius 2 is 1.30 bits per heavy atom. The molecule has 1 fully saturated rings. The van der Waals surface area contributed by atoms with Gasteiger partial charge in [0.25, 0.3) is 0 Å². The number of carbonyl (C=O) groups excluding carboxylic acids is 1. The van der Waals surface area contributed by atoms with E-state index in [9.17, 15) is 0 Å². The molecule has 0 aromatic heterocycles. The van der Waals surface area contributed by atoms with Crippen molar-refractivity contribution in [3.8, 4) is 0 Å². The lowest BCUT2D eigenvalue weighted by molar-refractivity contribution is 0.0842. The zero-order valence-electron chi connectivity index (χ0n) is 25.2. The van der Waals surface area contributed by atoms with Crippen molar-refractivity contribution in [3.63, 3.8) is 0 Å². The van der Waals surface area contributed by atoms with Crippen LogP contribution in [-0.4, -0.2) is 18.4 Å². The molecule has 1 saturated carbocycles. The van der Waals surface area contributed by atoms with E-state index in [4.69, 9.17) is 0 Å². The second-order valence-electron chi connectivity index (χ2n) is 12.8. The average Bonchev–Trinajstić information content (AvgIpc) is 3.29. The van der Waals surface area contributed by atoms with Gasteiger partial charge >= 0.3 is 0 Å². The number of likely N-dealkylation sites (N-methyl/N-ethyl adjacent to an activating group) is 1. The van der Waals surface area contributed by atoms with Crippen LogP contribution in [0.3, 0.4) is 0 Å². The minimum Gasteiger partial charge on any atom is -0.363 e. The van der Waals surface area contributed by atoms with Gasteiger partial charge in [-0.2, -0.15) is 0 Å². The monoisotopic (exact) mass is 571 g/mol. The molecule has 0 saturated heterocycles. The lowest BCUT2D eigenvalue weighted by Crippen LogP contribution is -2.63. The molecule has 0 unspecified atom stereocenters. The van der Waals surface area contributed by atoms with E-state index < -0.39 is 11.5 Å². The number of ketones is 1. The zero-order valence-corrected chi connectivity index (χ0v) is 25.2. The Morgan fingerprint density at radius 3 is 2.00 bits per heavy atom. The molecule has 2 heteroatoms. The number of nitrogens with zero attached hydrogens (tertiary/aromatic N) is 1. The standard InChI is InChI=1S/C42H37NO/c1-43-37-25-24-32-20-12-13-23-35(32)38(37)41(26-14-5-15-27-41)42(43)29-34(30-16-6-2-7-17-30)28-36(31-18-8-3-9-19-31)39(42)40(44)33-21-10-4-11-22-33/h2-4,6-13,16-25,28-29,39H,5,14-15,26-27H2,1H3/t39-,42-/m1/s1. The molecule has 1 heterocycles. The molecule has 0 radical (unpaired) electrons. The number of Topliss-reactive ketones (excluding diaryl/α,β-unsaturated/α-hetero) is 1. The molecule has 8 rings (SSSR count). The van der Waals surface area contributed by atoms with E-state index >= 15 is 4.79 Å². The predicted molar refractivity (Wildman–Crippen MR) is 183 cm³/mol. The van der Waals surface area contributed by atoms with Crippen molar-refractivity contribution in [2.45, 2.75) is 43.1 Å². The number of allylic oxidation sites excluding steroid dienone is 2. The molecule has 44 heavy (non-hydrogen) atoms. The normalized spacial score (nSPS) is 22.1. The summed E-state index contributed by atoms with van der Waals surface area (Å²) in [7, 11) is 2.26. The van der Waals surface area contributed by atoms with Gasteiger partial charge in [0.15, 0.2) is 5.78 Å². The van der Waals surface area contributed by atoms with Gasteiger partial charge in [0.2, 0.25) is 0 Å². The lowest BCUT2D eigenvalue weighted by atomic mass is 9.51. The topological polar surface area (TPSA) is 20.3 Å². The maximum atomic E-state index is 15.3. The Kier molecular flexibility index (Phi) is 6.41. The van der Waals surface area contributed by atoms with Crippen LogP contribution < -0.4 is 4.90 Å². The van der Waals surface area contributed by atoms with Gasteiger partial charge in [0.1, 0.15) is 0 Å². The molecule has 2 nitrogen and oxygen atoms in total. The van der Waals surface area contributed by atoms with Gasteiger partial charge < -0.3 is 4.90 Å². The smallest absolute Gasteiger partial charge is 0.173 e. The van der Waals surface area contributed by atoms with Crippen molar-refractivity contribution in [1.29, 1.82) is 0 Å². The first-order valence-corrected chi connectivity index (χ1v) is 16.0. The molecule has 5 aromatic carbocycles. The number of anilines is 1. The summed E-state index contributed by atoms with van der Waals surface area (Å²) in [6.07, 6.45) is 10.5. The molecule has 5 aromatic rings. The summed E-state index contributed by atoms with van der Waals surface area (Å²) in [5, 5.41) is 2.60. The third-order valence-corrected chi connectivity index (χ3v) is 10.7. The van der Waals surface area contributed by atoms with Crippen LogP contribution >= 0.6 is 0 Å². The first-order valence-electron chi connectivity index (χ1n) is 16.0. The fraction of sp³-hybridized carbons (Fsp3) is 0.214. The Labute approximate surface area is 260 Å². The first kappa shape index (κ1) is 26.9. The van der Waals surface area contributed by atoms with E-state index in [1.54, 1.807) is 0 Å². The lowest BCUT2D eigenvalue weighted by Gasteiger charge is -2.56. The van der Waals surface area contributed by atoms with Crippen LogP contribution in [0.1, 0.15) is 59.2 Å². The van der Waals surface area contributed by atoms with Crippen molar-refractivity contribution in [2.24, 2.45) is 5.92 Å². The van der Waals surface area contributed by atoms with E-state index in [2.05, 4.69) is 121 Å². The van der Waals surface area contributed by atoms with Crippen LogP contribution in [0.5, 0.6) is 0 Å². The highest BCUT2D eigenvalue weighted by atomic mass is 16.1. The number of rotatable bonds is 4. The highest BCUT2D eigenvalue weighted by Crippen LogP contribution is 2.66. The minimum absolute atomic E-state index is 0.193. The number of fused-ring (bicyclic) bond motifs is 5. The molecular weight excluding hydrogens is 534 g/mol. The van der Waals surface area contributed by atoms with Gasteiger partial charge in [-0.3, -0.25) is 4.79 Å². The fourth-order valence-electron chi connectivity index (χ4n) is 8.91. The van der Waals surface area contributed by atoms with Crippen molar-refractivity contribution < 1.29 is 4.79 Å². The number of hydrogen-bond acceptors (Lipinski definition) is 2. The quantitative estimate of drug-likeness (QED) is 0.200. The van der Waals surface area contributed by atoms with Gasteiger partial charge in [-0.05, 0) is 69.7 Å². The van der Waals surface area contributed by atoms with Crippen molar-refractivity contribution >= 4 is 33.4 Å². The summed E-state index contributed by atoms with van der Waals surface area (Å²) in [4.78, 5) is 17.8. The molecule has 2 aliphatic carbocycles. The maximum absolute atomic E-state index is 15.3. The Bertz CT molecular complexity index is 1910. The highest BCUT2D eigenvalue weighted by molar-refractivity contribution is 6.11. The van der Waals surface area contributed by atoms with E-state index in [1.165, 1.54) is 39.6 Å². The predicted octanol–water partition coefficient (Wildman–Crippen LogP) is 9.91. The van der Waals surface area contributed by atoms with Crippen molar-refractivity contribution in [3.05, 3.63) is 162 Å². The summed E-state index contributed by atoms with van der Waals surface area (Å²) >= 11 is 0. The number of benzene rings is 5. The Morgan fingerprint density at radius 1 is 0.682 bits per heavy atom. The highest BCUT2D eigenvalue weighted by Gasteiger charge is 2.66. The van der Waals surface area contributed by atoms with Crippen molar-refractivity contribution in [1.82, 2.24) is 0 Å². The van der Waals surface area contributed by atoms with E-state index in [0.29, 0.717) is 0 Å². The van der Waals surface area contributed by atoms with Crippen LogP contribution in [0.15, 0.2) is 140 Å². The second kappa shape index (κ2) is 10.5. The van der Waals surface area contributed by atoms with Crippen LogP contribution in [0.4, 0.5) is 5.69 Å². The Balaban J connectivity index is 1.50. The largest absolute Gasteiger partial charge is 0.363 e. The third kappa shape index (κ3) is 3.83. The molecule has 3 aliphatic rings. The minimum atomic E-state index is -0.599. The molecular formula is C42H37NO. The molecule has 0 N–H and O–H groups in total. The molecule has 2 spiro atoms. The molecule has 1 aliphatic heterocycles. The van der Waals surface area contributed by atoms with Crippen LogP contribution in [0.2, 0.25) is 0 Å². The number of carbonyl (C=O) groups is 1. The molecule has 0 amide bonds. The van der Waals surface area contributed by atoms with Gasteiger partial charge in [-0.15, -0.1) is 0 Å². The maximum Gasteiger partial charge on any atom is 0.173 e. The summed E-state index contributed by atoms with van der Waals surface area (Å²) in [5.41, 5.74) is 7.23. The van der Waals surface area contributed by atoms with Crippen LogP contribution in [0, 0.1) is 5.92 Å². The van der Waals surface area contributed by atoms with E-state index in [0.717, 1.165) is 42.4 Å². The SMILES string of the molecule is CN1c2ccc3ccccc3c2C2(CCCCC2)[C@]12C=C(c1ccccc1)C=C(c1ccccc1)[C@@H]2C(=O)c1ccccc1. The summed E-state index contributed by atoms with van der Waals surface area (Å²) in [6.45, 7) is 0. The molecule has 0 bridgehead atoms. The van der Waals surface area contributed by atoms with Gasteiger partial charge in [0, 0.05) is 23.7 Å². The van der Waals surface area contributed by atoms with E-state index in [1.807, 2.05) is 30.3 Å². The van der Waals surface area contributed by atoms with Crippen molar-refractivity contribution in [2.75, 3.05) is 11.9 Å². The van der Waals surface area contributed by atoms with E-state index in [-0.39, 0.29) is 11.2 Å².